The molecule has 0 spiro atoms. The van der Waals surface area contributed by atoms with Crippen molar-refractivity contribution in [3.8, 4) is 0 Å². The zero-order valence-corrected chi connectivity index (χ0v) is 8.63. The van der Waals surface area contributed by atoms with Crippen LogP contribution in [-0.2, 0) is 4.79 Å². The molecule has 3 heteroatoms. The predicted octanol–water partition coefficient (Wildman–Crippen LogP) is 0.953. The number of nitrogens with one attached hydrogen (secondary N) is 1. The fourth-order valence-electron chi connectivity index (χ4n) is 2.43. The Morgan fingerprint density at radius 1 is 1.46 bits per heavy atom. The minimum absolute atomic E-state index is 0.0556. The molecule has 0 aromatic rings. The zero-order valence-electron chi connectivity index (χ0n) is 8.63. The Balaban J connectivity index is 2.17. The highest BCUT2D eigenvalue weighted by Gasteiger charge is 2.47. The molecule has 1 atom stereocenters. The molecule has 2 aliphatic rings. The van der Waals surface area contributed by atoms with Crippen LogP contribution in [0.3, 0.4) is 0 Å². The lowest BCUT2D eigenvalue weighted by Gasteiger charge is -2.38. The van der Waals surface area contributed by atoms with Gasteiger partial charge in [-0.15, -0.1) is 0 Å². The number of amides is 1. The number of carbonyl (C=O) groups is 1. The van der Waals surface area contributed by atoms with E-state index in [1.54, 1.807) is 0 Å². The van der Waals surface area contributed by atoms with Crippen LogP contribution >= 0.6 is 0 Å². The fraction of sp³-hybridized carbons (Fsp3) is 0.900. The summed E-state index contributed by atoms with van der Waals surface area (Å²) < 4.78 is 0. The quantitative estimate of drug-likeness (QED) is 0.689. The fourth-order valence-corrected chi connectivity index (χ4v) is 2.43. The SMILES string of the molecule is CC1NCC(=O)N1C(C)(C)C1CC1. The lowest BCUT2D eigenvalue weighted by molar-refractivity contribution is -0.133. The summed E-state index contributed by atoms with van der Waals surface area (Å²) in [6, 6.07) is 0. The Morgan fingerprint density at radius 2 is 2.08 bits per heavy atom. The van der Waals surface area contributed by atoms with Crippen LogP contribution in [0.25, 0.3) is 0 Å². The van der Waals surface area contributed by atoms with Crippen LogP contribution in [0.15, 0.2) is 0 Å². The van der Waals surface area contributed by atoms with Gasteiger partial charge < -0.3 is 4.90 Å². The van der Waals surface area contributed by atoms with Crippen molar-refractivity contribution in [2.45, 2.75) is 45.3 Å². The monoisotopic (exact) mass is 182 g/mol. The van der Waals surface area contributed by atoms with E-state index in [9.17, 15) is 4.79 Å². The molecule has 0 radical (unpaired) electrons. The van der Waals surface area contributed by atoms with E-state index in [1.165, 1.54) is 12.8 Å². The zero-order chi connectivity index (χ0) is 9.64. The molecule has 0 aromatic carbocycles. The van der Waals surface area contributed by atoms with E-state index in [2.05, 4.69) is 26.1 Å². The van der Waals surface area contributed by atoms with Crippen molar-refractivity contribution in [1.82, 2.24) is 10.2 Å². The Bertz CT molecular complexity index is 233. The van der Waals surface area contributed by atoms with E-state index in [1.807, 2.05) is 4.90 Å². The molecular weight excluding hydrogens is 164 g/mol. The van der Waals surface area contributed by atoms with Gasteiger partial charge in [-0.1, -0.05) is 0 Å². The van der Waals surface area contributed by atoms with E-state index >= 15 is 0 Å². The van der Waals surface area contributed by atoms with E-state index in [0.29, 0.717) is 6.54 Å². The summed E-state index contributed by atoms with van der Waals surface area (Å²) in [7, 11) is 0. The van der Waals surface area contributed by atoms with Gasteiger partial charge in [0.1, 0.15) is 0 Å². The molecule has 1 saturated carbocycles. The summed E-state index contributed by atoms with van der Waals surface area (Å²) in [5, 5.41) is 3.18. The van der Waals surface area contributed by atoms with Gasteiger partial charge in [0.2, 0.25) is 5.91 Å². The number of carbonyl (C=O) groups excluding carboxylic acids is 1. The summed E-state index contributed by atoms with van der Waals surface area (Å²) in [5.41, 5.74) is 0.0556. The van der Waals surface area contributed by atoms with Gasteiger partial charge in [0.25, 0.3) is 0 Å². The molecular formula is C10H18N2O. The molecule has 74 valence electrons. The Labute approximate surface area is 79.5 Å². The van der Waals surface area contributed by atoms with Crippen LogP contribution in [0.4, 0.5) is 0 Å². The second-order valence-electron chi connectivity index (χ2n) is 4.75. The van der Waals surface area contributed by atoms with Crippen LogP contribution in [0, 0.1) is 5.92 Å². The normalized spacial score (nSPS) is 29.9. The van der Waals surface area contributed by atoms with Crippen LogP contribution in [-0.4, -0.2) is 29.1 Å². The third kappa shape index (κ3) is 1.35. The molecule has 2 rings (SSSR count). The first-order valence-corrected chi connectivity index (χ1v) is 5.09. The van der Waals surface area contributed by atoms with Crippen LogP contribution in [0.2, 0.25) is 0 Å². The van der Waals surface area contributed by atoms with E-state index in [0.717, 1.165) is 5.92 Å². The predicted molar refractivity (Wildman–Crippen MR) is 51.1 cm³/mol. The van der Waals surface area contributed by atoms with Gasteiger partial charge in [0.15, 0.2) is 0 Å². The molecule has 2 fully saturated rings. The molecule has 1 heterocycles. The number of nitrogens with zero attached hydrogens (tertiary/aromatic N) is 1. The largest absolute Gasteiger partial charge is 0.321 e. The number of hydrogen-bond acceptors (Lipinski definition) is 2. The molecule has 0 bridgehead atoms. The molecule has 3 nitrogen and oxygen atoms in total. The Kier molecular flexibility index (Phi) is 1.88. The highest BCUT2D eigenvalue weighted by molar-refractivity contribution is 5.81. The highest BCUT2D eigenvalue weighted by Crippen LogP contribution is 2.43. The van der Waals surface area contributed by atoms with Gasteiger partial charge in [0, 0.05) is 5.54 Å². The van der Waals surface area contributed by atoms with Crippen molar-refractivity contribution < 1.29 is 4.79 Å². The molecule has 1 amide bonds. The lowest BCUT2D eigenvalue weighted by Crippen LogP contribution is -2.51. The second-order valence-corrected chi connectivity index (χ2v) is 4.75. The number of hydrogen-bond donors (Lipinski definition) is 1. The van der Waals surface area contributed by atoms with E-state index in [-0.39, 0.29) is 17.6 Å². The Morgan fingerprint density at radius 3 is 2.46 bits per heavy atom. The minimum Gasteiger partial charge on any atom is -0.321 e. The van der Waals surface area contributed by atoms with Gasteiger partial charge in [0.05, 0.1) is 12.7 Å². The number of rotatable bonds is 2. The Hall–Kier alpha value is -0.570. The molecule has 1 aliphatic carbocycles. The van der Waals surface area contributed by atoms with Gasteiger partial charge in [-0.2, -0.15) is 0 Å². The topological polar surface area (TPSA) is 32.3 Å². The van der Waals surface area contributed by atoms with Gasteiger partial charge in [-0.25, -0.2) is 0 Å². The van der Waals surface area contributed by atoms with Crippen molar-refractivity contribution in [2.24, 2.45) is 5.92 Å². The van der Waals surface area contributed by atoms with Crippen molar-refractivity contribution in [3.05, 3.63) is 0 Å². The third-order valence-electron chi connectivity index (χ3n) is 3.40. The standard InChI is InChI=1S/C10H18N2O/c1-7-11-6-9(13)12(7)10(2,3)8-4-5-8/h7-8,11H,4-6H2,1-3H3. The average Bonchev–Trinajstić information content (AvgIpc) is 2.79. The summed E-state index contributed by atoms with van der Waals surface area (Å²) in [5.74, 6) is 0.975. The first kappa shape index (κ1) is 9.00. The van der Waals surface area contributed by atoms with Crippen molar-refractivity contribution in [3.63, 3.8) is 0 Å². The molecule has 1 aliphatic heterocycles. The maximum Gasteiger partial charge on any atom is 0.238 e. The second kappa shape index (κ2) is 2.71. The van der Waals surface area contributed by atoms with Gasteiger partial charge in [-0.05, 0) is 39.5 Å². The summed E-state index contributed by atoms with van der Waals surface area (Å²) in [4.78, 5) is 13.6. The van der Waals surface area contributed by atoms with E-state index in [4.69, 9.17) is 0 Å². The summed E-state index contributed by atoms with van der Waals surface area (Å²) in [6.45, 7) is 6.95. The summed E-state index contributed by atoms with van der Waals surface area (Å²) >= 11 is 0. The van der Waals surface area contributed by atoms with Crippen LogP contribution in [0.1, 0.15) is 33.6 Å². The van der Waals surface area contributed by atoms with Crippen LogP contribution in [0.5, 0.6) is 0 Å². The average molecular weight is 182 g/mol. The lowest BCUT2D eigenvalue weighted by atomic mass is 9.96. The van der Waals surface area contributed by atoms with Crippen molar-refractivity contribution in [2.75, 3.05) is 6.54 Å². The maximum atomic E-state index is 11.6. The molecule has 1 N–H and O–H groups in total. The molecule has 13 heavy (non-hydrogen) atoms. The molecule has 1 unspecified atom stereocenters. The maximum absolute atomic E-state index is 11.6. The smallest absolute Gasteiger partial charge is 0.238 e. The molecule has 0 aromatic heterocycles. The van der Waals surface area contributed by atoms with Crippen molar-refractivity contribution >= 4 is 5.91 Å². The molecule has 1 saturated heterocycles. The first-order valence-electron chi connectivity index (χ1n) is 5.09. The summed E-state index contributed by atoms with van der Waals surface area (Å²) in [6.07, 6.45) is 2.77. The van der Waals surface area contributed by atoms with Crippen LogP contribution < -0.4 is 5.32 Å². The minimum atomic E-state index is 0.0556. The van der Waals surface area contributed by atoms with Gasteiger partial charge >= 0.3 is 0 Å². The third-order valence-corrected chi connectivity index (χ3v) is 3.40. The van der Waals surface area contributed by atoms with E-state index < -0.39 is 0 Å². The highest BCUT2D eigenvalue weighted by atomic mass is 16.2. The van der Waals surface area contributed by atoms with Gasteiger partial charge in [-0.3, -0.25) is 10.1 Å². The van der Waals surface area contributed by atoms with Crippen molar-refractivity contribution in [1.29, 1.82) is 0 Å². The first-order chi connectivity index (χ1) is 6.03.